The van der Waals surface area contributed by atoms with Gasteiger partial charge in [-0.1, -0.05) is 6.07 Å². The van der Waals surface area contributed by atoms with Crippen LogP contribution in [0.4, 0.5) is 9.80 Å². The van der Waals surface area contributed by atoms with E-state index in [0.717, 1.165) is 21.8 Å². The van der Waals surface area contributed by atoms with E-state index >= 15 is 0 Å². The van der Waals surface area contributed by atoms with E-state index in [0.29, 0.717) is 28.6 Å². The molecule has 0 bridgehead atoms. The third kappa shape index (κ3) is 4.15. The van der Waals surface area contributed by atoms with Gasteiger partial charge in [-0.3, -0.25) is 10.1 Å². The molecule has 0 unspecified atom stereocenters. The van der Waals surface area contributed by atoms with Crippen LogP contribution in [0, 0.1) is 0 Å². The Kier molecular flexibility index (Phi) is 5.44. The highest BCUT2D eigenvalue weighted by Crippen LogP contribution is 2.36. The summed E-state index contributed by atoms with van der Waals surface area (Å²) < 4.78 is 15.8. The molecule has 0 radical (unpaired) electrons. The standard InChI is InChI=1S/C21H19N3O5S/c1-27-14-5-3-13(4-6-14)18-9-15(20(30-18)24-21(22)26)19(25)23-10-12-2-7-16-17(8-12)29-11-28-16/h2-9H,10-11H2,1H3,(H,23,25)(H3,22,24,26). The molecule has 1 aliphatic rings. The number of urea groups is 1. The lowest BCUT2D eigenvalue weighted by Crippen LogP contribution is -2.25. The molecule has 3 aromatic rings. The number of carbonyl (C=O) groups excluding carboxylic acids is 2. The van der Waals surface area contributed by atoms with Crippen LogP contribution in [0.5, 0.6) is 17.2 Å². The van der Waals surface area contributed by atoms with Gasteiger partial charge in [0.25, 0.3) is 5.91 Å². The van der Waals surface area contributed by atoms with E-state index in [4.69, 9.17) is 19.9 Å². The van der Waals surface area contributed by atoms with E-state index in [1.165, 1.54) is 11.3 Å². The second-order valence-electron chi connectivity index (χ2n) is 6.44. The number of fused-ring (bicyclic) bond motifs is 1. The number of nitrogens with two attached hydrogens (primary N) is 1. The van der Waals surface area contributed by atoms with Crippen molar-refractivity contribution in [2.24, 2.45) is 5.73 Å². The zero-order valence-corrected chi connectivity index (χ0v) is 16.9. The highest BCUT2D eigenvalue weighted by Gasteiger charge is 2.19. The molecule has 3 amide bonds. The smallest absolute Gasteiger partial charge is 0.317 e. The third-order valence-corrected chi connectivity index (χ3v) is 5.58. The van der Waals surface area contributed by atoms with Crippen LogP contribution in [-0.4, -0.2) is 25.8 Å². The van der Waals surface area contributed by atoms with Gasteiger partial charge in [0.2, 0.25) is 6.79 Å². The Balaban J connectivity index is 1.54. The second-order valence-corrected chi connectivity index (χ2v) is 7.49. The molecule has 1 aromatic heterocycles. The van der Waals surface area contributed by atoms with Crippen LogP contribution >= 0.6 is 11.3 Å². The number of amides is 3. The molecule has 1 aliphatic heterocycles. The number of anilines is 1. The quantitative estimate of drug-likeness (QED) is 0.559. The molecule has 0 saturated heterocycles. The van der Waals surface area contributed by atoms with Crippen molar-refractivity contribution in [1.82, 2.24) is 5.32 Å². The SMILES string of the molecule is COc1ccc(-c2cc(C(=O)NCc3ccc4c(c3)OCO4)c(NC(N)=O)s2)cc1. The van der Waals surface area contributed by atoms with Crippen molar-refractivity contribution >= 4 is 28.3 Å². The van der Waals surface area contributed by atoms with Gasteiger partial charge in [0.05, 0.1) is 12.7 Å². The van der Waals surface area contributed by atoms with Crippen LogP contribution in [-0.2, 0) is 6.54 Å². The van der Waals surface area contributed by atoms with Gasteiger partial charge < -0.3 is 25.3 Å². The maximum Gasteiger partial charge on any atom is 0.317 e. The Morgan fingerprint density at radius 2 is 1.87 bits per heavy atom. The van der Waals surface area contributed by atoms with Crippen LogP contribution in [0.15, 0.2) is 48.5 Å². The van der Waals surface area contributed by atoms with Gasteiger partial charge in [-0.25, -0.2) is 4.79 Å². The highest BCUT2D eigenvalue weighted by molar-refractivity contribution is 7.20. The number of carbonyl (C=O) groups is 2. The van der Waals surface area contributed by atoms with Crippen LogP contribution in [0.3, 0.4) is 0 Å². The summed E-state index contributed by atoms with van der Waals surface area (Å²) in [5.41, 5.74) is 7.37. The first-order chi connectivity index (χ1) is 14.5. The Morgan fingerprint density at radius 1 is 1.10 bits per heavy atom. The van der Waals surface area contributed by atoms with Gasteiger partial charge in [-0.2, -0.15) is 0 Å². The number of hydrogen-bond donors (Lipinski definition) is 3. The molecule has 154 valence electrons. The topological polar surface area (TPSA) is 112 Å². The van der Waals surface area contributed by atoms with Crippen molar-refractivity contribution < 1.29 is 23.8 Å². The van der Waals surface area contributed by atoms with Gasteiger partial charge >= 0.3 is 6.03 Å². The number of rotatable bonds is 6. The van der Waals surface area contributed by atoms with Crippen molar-refractivity contribution in [3.05, 3.63) is 59.7 Å². The Morgan fingerprint density at radius 3 is 2.60 bits per heavy atom. The molecule has 0 atom stereocenters. The van der Waals surface area contributed by atoms with Gasteiger partial charge in [-0.15, -0.1) is 11.3 Å². The van der Waals surface area contributed by atoms with Gasteiger partial charge in [-0.05, 0) is 53.6 Å². The predicted molar refractivity (Wildman–Crippen MR) is 113 cm³/mol. The number of thiophene rings is 1. The van der Waals surface area contributed by atoms with Crippen molar-refractivity contribution in [2.45, 2.75) is 6.54 Å². The number of methoxy groups -OCH3 is 1. The largest absolute Gasteiger partial charge is 0.497 e. The minimum Gasteiger partial charge on any atom is -0.497 e. The lowest BCUT2D eigenvalue weighted by molar-refractivity contribution is 0.0952. The van der Waals surface area contributed by atoms with Gasteiger partial charge in [0.15, 0.2) is 11.5 Å². The van der Waals surface area contributed by atoms with Gasteiger partial charge in [0.1, 0.15) is 10.8 Å². The molecule has 9 heteroatoms. The fraction of sp³-hybridized carbons (Fsp3) is 0.143. The number of ether oxygens (including phenoxy) is 3. The maximum absolute atomic E-state index is 12.8. The normalized spacial score (nSPS) is 11.8. The van der Waals surface area contributed by atoms with Crippen LogP contribution in [0.1, 0.15) is 15.9 Å². The summed E-state index contributed by atoms with van der Waals surface area (Å²) in [6.07, 6.45) is 0. The summed E-state index contributed by atoms with van der Waals surface area (Å²) in [7, 11) is 1.59. The molecule has 0 aliphatic carbocycles. The summed E-state index contributed by atoms with van der Waals surface area (Å²) in [6, 6.07) is 13.9. The molecule has 4 rings (SSSR count). The fourth-order valence-corrected chi connectivity index (χ4v) is 4.05. The van der Waals surface area contributed by atoms with Crippen molar-refractivity contribution in [3.8, 4) is 27.7 Å². The van der Waals surface area contributed by atoms with Gasteiger partial charge in [0, 0.05) is 11.4 Å². The van der Waals surface area contributed by atoms with E-state index in [1.807, 2.05) is 36.4 Å². The Bertz CT molecular complexity index is 1090. The highest BCUT2D eigenvalue weighted by atomic mass is 32.1. The monoisotopic (exact) mass is 425 g/mol. The molecule has 30 heavy (non-hydrogen) atoms. The Labute approximate surface area is 176 Å². The zero-order chi connectivity index (χ0) is 21.1. The molecule has 2 heterocycles. The van der Waals surface area contributed by atoms with E-state index in [2.05, 4.69) is 10.6 Å². The average molecular weight is 425 g/mol. The summed E-state index contributed by atoms with van der Waals surface area (Å²) in [5, 5.41) is 5.78. The molecular formula is C21H19N3O5S. The number of nitrogens with one attached hydrogen (secondary N) is 2. The summed E-state index contributed by atoms with van der Waals surface area (Å²) >= 11 is 1.27. The Hall–Kier alpha value is -3.72. The van der Waals surface area contributed by atoms with Crippen LogP contribution in [0.2, 0.25) is 0 Å². The van der Waals surface area contributed by atoms with Crippen molar-refractivity contribution in [3.63, 3.8) is 0 Å². The first-order valence-electron chi connectivity index (χ1n) is 9.05. The summed E-state index contributed by atoms with van der Waals surface area (Å²) in [5.74, 6) is 1.73. The number of hydrogen-bond acceptors (Lipinski definition) is 6. The predicted octanol–water partition coefficient (Wildman–Crippen LogP) is 3.57. The van der Waals surface area contributed by atoms with Crippen LogP contribution < -0.4 is 30.6 Å². The van der Waals surface area contributed by atoms with E-state index in [-0.39, 0.29) is 12.7 Å². The molecule has 0 saturated carbocycles. The lowest BCUT2D eigenvalue weighted by atomic mass is 10.1. The molecule has 0 fully saturated rings. The van der Waals surface area contributed by atoms with Crippen molar-refractivity contribution in [2.75, 3.05) is 19.2 Å². The van der Waals surface area contributed by atoms with E-state index < -0.39 is 6.03 Å². The van der Waals surface area contributed by atoms with Crippen LogP contribution in [0.25, 0.3) is 10.4 Å². The van der Waals surface area contributed by atoms with E-state index in [1.54, 1.807) is 19.2 Å². The third-order valence-electron chi connectivity index (χ3n) is 4.48. The molecule has 0 spiro atoms. The number of benzene rings is 2. The second kappa shape index (κ2) is 8.34. The molecule has 8 nitrogen and oxygen atoms in total. The molecule has 2 aromatic carbocycles. The molecule has 4 N–H and O–H groups in total. The fourth-order valence-electron chi connectivity index (χ4n) is 2.99. The molecular weight excluding hydrogens is 406 g/mol. The summed E-state index contributed by atoms with van der Waals surface area (Å²) in [4.78, 5) is 25.0. The minimum absolute atomic E-state index is 0.191. The van der Waals surface area contributed by atoms with Crippen molar-refractivity contribution in [1.29, 1.82) is 0 Å². The van der Waals surface area contributed by atoms with E-state index in [9.17, 15) is 9.59 Å². The lowest BCUT2D eigenvalue weighted by Gasteiger charge is -2.07. The summed E-state index contributed by atoms with van der Waals surface area (Å²) in [6.45, 7) is 0.482. The minimum atomic E-state index is -0.733. The zero-order valence-electron chi connectivity index (χ0n) is 16.1. The first-order valence-corrected chi connectivity index (χ1v) is 9.86. The first kappa shape index (κ1) is 19.6. The average Bonchev–Trinajstić information content (AvgIpc) is 3.38. The maximum atomic E-state index is 12.8. The number of primary amides is 1.